The number of hydrogen-bond donors (Lipinski definition) is 7. The average Bonchev–Trinajstić information content (AvgIpc) is 2.40. The molecule has 0 radical (unpaired) electrons. The molecule has 0 bridgehead atoms. The van der Waals surface area contributed by atoms with Crippen molar-refractivity contribution in [2.24, 2.45) is 5.41 Å². The van der Waals surface area contributed by atoms with Gasteiger partial charge in [0.15, 0.2) is 0 Å². The molecule has 19 heavy (non-hydrogen) atoms. The Morgan fingerprint density at radius 3 is 1.74 bits per heavy atom. The van der Waals surface area contributed by atoms with Gasteiger partial charge in [0.25, 0.3) is 0 Å². The molecule has 7 nitrogen and oxygen atoms in total. The molecular formula is C12H26O7. The Balaban J connectivity index is 5.72. The van der Waals surface area contributed by atoms with Crippen LogP contribution in [0.3, 0.4) is 0 Å². The maximum absolute atomic E-state index is 10.7. The van der Waals surface area contributed by atoms with Gasteiger partial charge in [0, 0.05) is 6.61 Å². The van der Waals surface area contributed by atoms with E-state index in [1.54, 1.807) is 6.92 Å². The van der Waals surface area contributed by atoms with Gasteiger partial charge in [0.1, 0.15) is 11.7 Å². The monoisotopic (exact) mass is 282 g/mol. The van der Waals surface area contributed by atoms with Crippen LogP contribution in [0.25, 0.3) is 0 Å². The zero-order chi connectivity index (χ0) is 15.3. The van der Waals surface area contributed by atoms with Crippen molar-refractivity contribution in [1.82, 2.24) is 0 Å². The average molecular weight is 282 g/mol. The van der Waals surface area contributed by atoms with E-state index in [9.17, 15) is 30.6 Å². The lowest BCUT2D eigenvalue weighted by Gasteiger charge is -2.50. The van der Waals surface area contributed by atoms with Crippen LogP contribution >= 0.6 is 0 Å². The highest BCUT2D eigenvalue weighted by atomic mass is 16.4. The van der Waals surface area contributed by atoms with Crippen LogP contribution in [0.2, 0.25) is 0 Å². The number of hydrogen-bond acceptors (Lipinski definition) is 7. The van der Waals surface area contributed by atoms with Crippen LogP contribution < -0.4 is 0 Å². The Labute approximate surface area is 112 Å². The van der Waals surface area contributed by atoms with Gasteiger partial charge in [0.05, 0.1) is 30.8 Å². The fourth-order valence-electron chi connectivity index (χ4n) is 2.38. The maximum atomic E-state index is 10.7. The minimum Gasteiger partial charge on any atom is -0.396 e. The predicted molar refractivity (Wildman–Crippen MR) is 67.2 cm³/mol. The highest BCUT2D eigenvalue weighted by molar-refractivity contribution is 5.08. The van der Waals surface area contributed by atoms with Crippen LogP contribution in [0.4, 0.5) is 0 Å². The normalized spacial score (nSPS) is 20.7. The van der Waals surface area contributed by atoms with Crippen LogP contribution in [0.5, 0.6) is 0 Å². The molecule has 0 amide bonds. The number of aliphatic hydroxyl groups is 7. The lowest BCUT2D eigenvalue weighted by molar-refractivity contribution is -0.254. The van der Waals surface area contributed by atoms with Crippen LogP contribution in [0.15, 0.2) is 0 Å². The highest BCUT2D eigenvalue weighted by Crippen LogP contribution is 2.41. The number of rotatable bonds is 9. The van der Waals surface area contributed by atoms with Crippen molar-refractivity contribution < 1.29 is 35.7 Å². The third-order valence-electron chi connectivity index (χ3n) is 3.95. The Bertz CT molecular complexity index is 246. The smallest absolute Gasteiger partial charge is 0.129 e. The lowest BCUT2D eigenvalue weighted by Crippen LogP contribution is -2.68. The van der Waals surface area contributed by atoms with E-state index in [0.29, 0.717) is 0 Å². The van der Waals surface area contributed by atoms with E-state index in [4.69, 9.17) is 5.11 Å². The van der Waals surface area contributed by atoms with E-state index in [-0.39, 0.29) is 12.8 Å². The molecule has 116 valence electrons. The molecule has 0 rings (SSSR count). The molecule has 0 heterocycles. The summed E-state index contributed by atoms with van der Waals surface area (Å²) in [6.07, 6.45) is -4.98. The van der Waals surface area contributed by atoms with Crippen molar-refractivity contribution in [3.05, 3.63) is 0 Å². The van der Waals surface area contributed by atoms with Crippen LogP contribution in [0.1, 0.15) is 26.7 Å². The first kappa shape index (κ1) is 18.7. The Morgan fingerprint density at radius 2 is 1.47 bits per heavy atom. The second-order valence-electron chi connectivity index (χ2n) is 4.99. The Kier molecular flexibility index (Phi) is 7.38. The van der Waals surface area contributed by atoms with Crippen molar-refractivity contribution in [3.8, 4) is 0 Å². The van der Waals surface area contributed by atoms with Crippen molar-refractivity contribution >= 4 is 0 Å². The lowest BCUT2D eigenvalue weighted by atomic mass is 9.63. The van der Waals surface area contributed by atoms with Gasteiger partial charge in [-0.3, -0.25) is 0 Å². The second-order valence-corrected chi connectivity index (χ2v) is 4.99. The second kappa shape index (κ2) is 7.49. The molecule has 4 unspecified atom stereocenters. The SMILES string of the molecule is CCC(CO)(CO)C(O)(C(O)CCO)C(O)C(C)O. The summed E-state index contributed by atoms with van der Waals surface area (Å²) in [5.41, 5.74) is -3.94. The third kappa shape index (κ3) is 3.25. The first-order valence-electron chi connectivity index (χ1n) is 6.36. The maximum Gasteiger partial charge on any atom is 0.129 e. The summed E-state index contributed by atoms with van der Waals surface area (Å²) < 4.78 is 0. The molecule has 0 saturated heterocycles. The molecule has 7 N–H and O–H groups in total. The Hall–Kier alpha value is -0.280. The first-order chi connectivity index (χ1) is 8.77. The van der Waals surface area contributed by atoms with Gasteiger partial charge < -0.3 is 35.7 Å². The van der Waals surface area contributed by atoms with Crippen molar-refractivity contribution in [2.75, 3.05) is 19.8 Å². The summed E-state index contributed by atoms with van der Waals surface area (Å²) in [6, 6.07) is 0. The fraction of sp³-hybridized carbons (Fsp3) is 1.00. The van der Waals surface area contributed by atoms with E-state index in [2.05, 4.69) is 0 Å². The summed E-state index contributed by atoms with van der Waals surface area (Å²) in [4.78, 5) is 0. The standard InChI is InChI=1S/C12H26O7/c1-3-11(6-14,7-15)12(19,9(17)4-5-13)10(18)8(2)16/h8-10,13-19H,3-7H2,1-2H3. The number of aliphatic hydroxyl groups excluding tert-OH is 6. The quantitative estimate of drug-likeness (QED) is 0.249. The zero-order valence-corrected chi connectivity index (χ0v) is 11.4. The van der Waals surface area contributed by atoms with E-state index < -0.39 is 49.1 Å². The Morgan fingerprint density at radius 1 is 1.00 bits per heavy atom. The van der Waals surface area contributed by atoms with Crippen LogP contribution in [-0.2, 0) is 0 Å². The summed E-state index contributed by atoms with van der Waals surface area (Å²) in [6.45, 7) is 0.951. The van der Waals surface area contributed by atoms with Crippen molar-refractivity contribution in [1.29, 1.82) is 0 Å². The van der Waals surface area contributed by atoms with Gasteiger partial charge in [-0.05, 0) is 19.8 Å². The van der Waals surface area contributed by atoms with Crippen molar-refractivity contribution in [2.45, 2.75) is 50.6 Å². The predicted octanol–water partition coefficient (Wildman–Crippen LogP) is -2.42. The summed E-state index contributed by atoms with van der Waals surface area (Å²) in [7, 11) is 0. The van der Waals surface area contributed by atoms with E-state index in [1.807, 2.05) is 0 Å². The minimum atomic E-state index is -2.35. The van der Waals surface area contributed by atoms with E-state index in [1.165, 1.54) is 6.92 Å². The molecule has 7 heteroatoms. The molecule has 0 saturated carbocycles. The highest BCUT2D eigenvalue weighted by Gasteiger charge is 2.58. The molecule has 4 atom stereocenters. The van der Waals surface area contributed by atoms with Crippen LogP contribution in [-0.4, -0.2) is 79.5 Å². The van der Waals surface area contributed by atoms with Gasteiger partial charge in [0.2, 0.25) is 0 Å². The zero-order valence-electron chi connectivity index (χ0n) is 11.4. The molecule has 0 aliphatic rings. The van der Waals surface area contributed by atoms with Crippen molar-refractivity contribution in [3.63, 3.8) is 0 Å². The van der Waals surface area contributed by atoms with Gasteiger partial charge in [-0.1, -0.05) is 6.92 Å². The first-order valence-corrected chi connectivity index (χ1v) is 6.36. The fourth-order valence-corrected chi connectivity index (χ4v) is 2.38. The largest absolute Gasteiger partial charge is 0.396 e. The molecular weight excluding hydrogens is 256 g/mol. The van der Waals surface area contributed by atoms with E-state index in [0.717, 1.165) is 0 Å². The van der Waals surface area contributed by atoms with E-state index >= 15 is 0 Å². The van der Waals surface area contributed by atoms with Gasteiger partial charge in [-0.2, -0.15) is 0 Å². The topological polar surface area (TPSA) is 142 Å². The molecule has 0 aliphatic heterocycles. The van der Waals surface area contributed by atoms with Gasteiger partial charge in [-0.15, -0.1) is 0 Å². The summed E-state index contributed by atoms with van der Waals surface area (Å²) in [5, 5.41) is 68.0. The molecule has 0 fully saturated rings. The molecule has 0 aromatic rings. The minimum absolute atomic E-state index is 0.0583. The van der Waals surface area contributed by atoms with Crippen LogP contribution in [0, 0.1) is 5.41 Å². The summed E-state index contributed by atoms with van der Waals surface area (Å²) in [5.74, 6) is 0. The van der Waals surface area contributed by atoms with Gasteiger partial charge >= 0.3 is 0 Å². The molecule has 0 spiro atoms. The molecule has 0 aromatic carbocycles. The summed E-state index contributed by atoms with van der Waals surface area (Å²) >= 11 is 0. The van der Waals surface area contributed by atoms with Gasteiger partial charge in [-0.25, -0.2) is 0 Å². The molecule has 0 aromatic heterocycles. The molecule has 0 aliphatic carbocycles. The third-order valence-corrected chi connectivity index (χ3v) is 3.95.